The molecule has 1 aliphatic heterocycles. The van der Waals surface area contributed by atoms with Crippen LogP contribution in [0.1, 0.15) is 41.4 Å². The Balaban J connectivity index is 1.36. The van der Waals surface area contributed by atoms with E-state index in [1.807, 2.05) is 0 Å². The SMILES string of the molecule is CNC(=O)NCCNC(=O)[C@@]1(C)COc2c1cc([C@@](O)(CNC(=O)c1cc(OC3CC3)c3ncccc3c1)C(F)(F)F)nc2-c1ccc(F)cc1. The maximum atomic E-state index is 15.0. The number of aliphatic hydroxyl groups is 1. The number of aromatic nitrogens is 2. The number of carbonyl (C=O) groups is 3. The molecular formula is C35H34F4N6O6. The fourth-order valence-corrected chi connectivity index (χ4v) is 5.61. The fraction of sp³-hybridized carbons (Fsp3) is 0.343. The number of pyridine rings is 2. The maximum Gasteiger partial charge on any atom is 0.424 e. The standard InChI is InChI=1S/C35H34F4N6O6/c1-33(31(47)42-12-13-43-32(48)40-2)18-50-29-24(33)16-26(45-28(29)19-5-7-22(36)8-6-19)34(49,35(37,38)39)17-44-30(46)21-14-20-4-3-11-41-27(20)25(15-21)51-23-9-10-23/h3-8,11,14-16,23,49H,9-10,12-13,17-18H2,1-2H3,(H,42,47)(H,44,46)(H2,40,43,48)/t33-,34-/m0/s1. The summed E-state index contributed by atoms with van der Waals surface area (Å²) < 4.78 is 70.6. The molecule has 1 aliphatic carbocycles. The first-order valence-corrected chi connectivity index (χ1v) is 16.0. The van der Waals surface area contributed by atoms with Crippen LogP contribution in [0.4, 0.5) is 22.4 Å². The molecule has 5 N–H and O–H groups in total. The van der Waals surface area contributed by atoms with Gasteiger partial charge in [-0.25, -0.2) is 14.2 Å². The third-order valence-electron chi connectivity index (χ3n) is 8.76. The highest BCUT2D eigenvalue weighted by Crippen LogP contribution is 2.48. The Hall–Kier alpha value is -5.51. The van der Waals surface area contributed by atoms with Crippen LogP contribution in [0.3, 0.4) is 0 Å². The van der Waals surface area contributed by atoms with Crippen LogP contribution in [0.15, 0.2) is 60.8 Å². The Morgan fingerprint density at radius 2 is 1.76 bits per heavy atom. The molecule has 2 aromatic carbocycles. The number of rotatable bonds is 11. The molecule has 6 rings (SSSR count). The molecule has 4 aromatic rings. The van der Waals surface area contributed by atoms with E-state index in [1.165, 1.54) is 38.2 Å². The molecular weight excluding hydrogens is 676 g/mol. The van der Waals surface area contributed by atoms with Crippen LogP contribution in [-0.4, -0.2) is 78.5 Å². The van der Waals surface area contributed by atoms with E-state index in [-0.39, 0.29) is 53.9 Å². The Bertz CT molecular complexity index is 1990. The van der Waals surface area contributed by atoms with Gasteiger partial charge in [0.1, 0.15) is 40.5 Å². The van der Waals surface area contributed by atoms with Gasteiger partial charge in [0.25, 0.3) is 5.91 Å². The molecule has 0 radical (unpaired) electrons. The first-order chi connectivity index (χ1) is 24.2. The van der Waals surface area contributed by atoms with Crippen LogP contribution in [0.25, 0.3) is 22.2 Å². The van der Waals surface area contributed by atoms with E-state index in [9.17, 15) is 37.1 Å². The van der Waals surface area contributed by atoms with E-state index in [1.54, 1.807) is 18.3 Å². The van der Waals surface area contributed by atoms with Gasteiger partial charge in [-0.15, -0.1) is 0 Å². The summed E-state index contributed by atoms with van der Waals surface area (Å²) >= 11 is 0. The Labute approximate surface area is 288 Å². The number of hydrogen-bond donors (Lipinski definition) is 5. The normalized spacial score (nSPS) is 17.9. The van der Waals surface area contributed by atoms with Crippen molar-refractivity contribution in [2.45, 2.75) is 43.1 Å². The van der Waals surface area contributed by atoms with E-state index in [4.69, 9.17) is 9.47 Å². The molecule has 16 heteroatoms. The summed E-state index contributed by atoms with van der Waals surface area (Å²) in [7, 11) is 1.42. The van der Waals surface area contributed by atoms with Crippen LogP contribution >= 0.6 is 0 Å². The molecule has 1 saturated carbocycles. The zero-order chi connectivity index (χ0) is 36.6. The number of amides is 4. The van der Waals surface area contributed by atoms with Crippen LogP contribution in [0.5, 0.6) is 11.5 Å². The zero-order valence-electron chi connectivity index (χ0n) is 27.5. The topological polar surface area (TPSA) is 164 Å². The number of carbonyl (C=O) groups excluding carboxylic acids is 3. The van der Waals surface area contributed by atoms with E-state index < -0.39 is 53.1 Å². The van der Waals surface area contributed by atoms with Crippen molar-refractivity contribution in [2.75, 3.05) is 33.3 Å². The molecule has 4 amide bonds. The largest absolute Gasteiger partial charge is 0.489 e. The highest BCUT2D eigenvalue weighted by Gasteiger charge is 2.58. The van der Waals surface area contributed by atoms with Crippen molar-refractivity contribution in [2.24, 2.45) is 0 Å². The van der Waals surface area contributed by atoms with E-state index in [0.29, 0.717) is 16.7 Å². The highest BCUT2D eigenvalue weighted by atomic mass is 19.4. The van der Waals surface area contributed by atoms with Crippen LogP contribution < -0.4 is 30.7 Å². The quantitative estimate of drug-likeness (QED) is 0.116. The highest BCUT2D eigenvalue weighted by molar-refractivity contribution is 6.00. The molecule has 0 bridgehead atoms. The van der Waals surface area contributed by atoms with Crippen LogP contribution in [0, 0.1) is 5.82 Å². The van der Waals surface area contributed by atoms with Crippen LogP contribution in [-0.2, 0) is 15.8 Å². The lowest BCUT2D eigenvalue weighted by Crippen LogP contribution is -2.52. The summed E-state index contributed by atoms with van der Waals surface area (Å²) in [5.41, 5.74) is -5.87. The number of benzene rings is 2. The van der Waals surface area contributed by atoms with Crippen molar-refractivity contribution < 1.29 is 46.5 Å². The Morgan fingerprint density at radius 1 is 1.04 bits per heavy atom. The predicted molar refractivity (Wildman–Crippen MR) is 176 cm³/mol. The minimum absolute atomic E-state index is 0.0172. The van der Waals surface area contributed by atoms with Gasteiger partial charge in [-0.2, -0.15) is 13.2 Å². The van der Waals surface area contributed by atoms with Gasteiger partial charge in [0.05, 0.1) is 18.3 Å². The number of alkyl halides is 3. The molecule has 268 valence electrons. The Kier molecular flexibility index (Phi) is 9.46. The first kappa shape index (κ1) is 35.3. The zero-order valence-corrected chi connectivity index (χ0v) is 27.5. The first-order valence-electron chi connectivity index (χ1n) is 16.0. The number of nitrogens with one attached hydrogen (secondary N) is 4. The van der Waals surface area contributed by atoms with Crippen LogP contribution in [0.2, 0.25) is 0 Å². The molecule has 1 fully saturated rings. The van der Waals surface area contributed by atoms with Crippen molar-refractivity contribution in [1.29, 1.82) is 0 Å². The second-order valence-electron chi connectivity index (χ2n) is 12.5. The van der Waals surface area contributed by atoms with Gasteiger partial charge in [0, 0.05) is 48.4 Å². The van der Waals surface area contributed by atoms with Gasteiger partial charge >= 0.3 is 12.2 Å². The van der Waals surface area contributed by atoms with Gasteiger partial charge in [0.2, 0.25) is 11.5 Å². The lowest BCUT2D eigenvalue weighted by molar-refractivity contribution is -0.265. The number of fused-ring (bicyclic) bond motifs is 2. The van der Waals surface area contributed by atoms with Gasteiger partial charge in [-0.05, 0) is 68.3 Å². The van der Waals surface area contributed by atoms with Crippen molar-refractivity contribution in [3.8, 4) is 22.8 Å². The third-order valence-corrected chi connectivity index (χ3v) is 8.76. The second-order valence-corrected chi connectivity index (χ2v) is 12.5. The number of urea groups is 1. The summed E-state index contributed by atoms with van der Waals surface area (Å²) in [6.07, 6.45) is -2.26. The summed E-state index contributed by atoms with van der Waals surface area (Å²) in [6.45, 7) is -0.185. The van der Waals surface area contributed by atoms with Gasteiger partial charge in [-0.3, -0.25) is 14.6 Å². The van der Waals surface area contributed by atoms with E-state index in [2.05, 4.69) is 31.2 Å². The minimum atomic E-state index is -5.39. The van der Waals surface area contributed by atoms with Gasteiger partial charge < -0.3 is 35.8 Å². The summed E-state index contributed by atoms with van der Waals surface area (Å²) in [6, 6.07) is 11.3. The summed E-state index contributed by atoms with van der Waals surface area (Å²) in [5, 5.41) is 21.7. The fourth-order valence-electron chi connectivity index (χ4n) is 5.61. The molecule has 51 heavy (non-hydrogen) atoms. The number of ether oxygens (including phenoxy) is 2. The molecule has 2 atom stereocenters. The van der Waals surface area contributed by atoms with Crippen molar-refractivity contribution in [3.05, 3.63) is 83.4 Å². The average molecular weight is 711 g/mol. The lowest BCUT2D eigenvalue weighted by atomic mass is 9.81. The van der Waals surface area contributed by atoms with Crippen molar-refractivity contribution in [1.82, 2.24) is 31.2 Å². The van der Waals surface area contributed by atoms with Gasteiger partial charge in [0.15, 0.2) is 0 Å². The molecule has 2 aliphatic rings. The summed E-state index contributed by atoms with van der Waals surface area (Å²) in [4.78, 5) is 46.9. The van der Waals surface area contributed by atoms with Crippen molar-refractivity contribution in [3.63, 3.8) is 0 Å². The average Bonchev–Trinajstić information content (AvgIpc) is 3.87. The molecule has 2 aromatic heterocycles. The number of nitrogens with zero attached hydrogens (tertiary/aromatic N) is 2. The van der Waals surface area contributed by atoms with Crippen molar-refractivity contribution >= 4 is 28.7 Å². The van der Waals surface area contributed by atoms with E-state index >= 15 is 0 Å². The monoisotopic (exact) mass is 710 g/mol. The lowest BCUT2D eigenvalue weighted by Gasteiger charge is -2.31. The van der Waals surface area contributed by atoms with Gasteiger partial charge in [-0.1, -0.05) is 6.07 Å². The minimum Gasteiger partial charge on any atom is -0.489 e. The maximum absolute atomic E-state index is 15.0. The molecule has 0 spiro atoms. The number of halogens is 4. The third kappa shape index (κ3) is 7.08. The molecule has 0 saturated heterocycles. The second kappa shape index (κ2) is 13.7. The molecule has 3 heterocycles. The summed E-state index contributed by atoms with van der Waals surface area (Å²) in [5.74, 6) is -1.92. The predicted octanol–water partition coefficient (Wildman–Crippen LogP) is 3.85. The molecule has 12 nitrogen and oxygen atoms in total. The smallest absolute Gasteiger partial charge is 0.424 e. The van der Waals surface area contributed by atoms with E-state index in [0.717, 1.165) is 31.0 Å². The molecule has 0 unspecified atom stereocenters. The Morgan fingerprint density at radius 3 is 2.45 bits per heavy atom. The number of hydrogen-bond acceptors (Lipinski definition) is 8.